The van der Waals surface area contributed by atoms with Crippen molar-refractivity contribution >= 4 is 5.65 Å². The largest absolute Gasteiger partial charge is 0.350 e. The monoisotopic (exact) mass is 283 g/mol. The molecule has 0 spiro atoms. The van der Waals surface area contributed by atoms with Crippen LogP contribution < -0.4 is 5.32 Å². The fourth-order valence-electron chi connectivity index (χ4n) is 2.55. The summed E-state index contributed by atoms with van der Waals surface area (Å²) in [5, 5.41) is 11.9. The highest BCUT2D eigenvalue weighted by Crippen LogP contribution is 2.05. The number of aryl methyl sites for hydroxylation is 1. The Morgan fingerprint density at radius 2 is 2.05 bits per heavy atom. The molecule has 5 nitrogen and oxygen atoms in total. The van der Waals surface area contributed by atoms with Gasteiger partial charge < -0.3 is 9.88 Å². The molecule has 0 atom stereocenters. The van der Waals surface area contributed by atoms with Crippen LogP contribution in [0.1, 0.15) is 24.9 Å². The lowest BCUT2D eigenvalue weighted by molar-refractivity contribution is 0.597. The Kier molecular flexibility index (Phi) is 4.31. The molecule has 0 radical (unpaired) electrons. The summed E-state index contributed by atoms with van der Waals surface area (Å²) in [6, 6.07) is 10.2. The van der Waals surface area contributed by atoms with Crippen molar-refractivity contribution in [3.63, 3.8) is 0 Å². The molecule has 0 amide bonds. The normalized spacial score (nSPS) is 11.3. The molecule has 3 aromatic rings. The van der Waals surface area contributed by atoms with Crippen molar-refractivity contribution in [1.29, 1.82) is 0 Å². The van der Waals surface area contributed by atoms with Crippen LogP contribution in [-0.2, 0) is 19.5 Å². The lowest BCUT2D eigenvalue weighted by atomic mass is 10.3. The van der Waals surface area contributed by atoms with Crippen LogP contribution in [0, 0.1) is 0 Å². The first-order valence-corrected chi connectivity index (χ1v) is 7.52. The van der Waals surface area contributed by atoms with Crippen LogP contribution in [0.2, 0.25) is 0 Å². The molecule has 110 valence electrons. The van der Waals surface area contributed by atoms with Crippen LogP contribution in [0.25, 0.3) is 5.65 Å². The van der Waals surface area contributed by atoms with E-state index < -0.39 is 0 Å². The Morgan fingerprint density at radius 1 is 1.10 bits per heavy atom. The number of aromatic nitrogens is 4. The minimum Gasteiger partial charge on any atom is -0.350 e. The number of nitrogens with zero attached hydrogens (tertiary/aromatic N) is 4. The second-order valence-electron chi connectivity index (χ2n) is 5.16. The van der Waals surface area contributed by atoms with Crippen LogP contribution in [-0.4, -0.2) is 25.7 Å². The Morgan fingerprint density at radius 3 is 2.95 bits per heavy atom. The van der Waals surface area contributed by atoms with Gasteiger partial charge in [-0.05, 0) is 30.7 Å². The van der Waals surface area contributed by atoms with Gasteiger partial charge in [0.05, 0.1) is 0 Å². The van der Waals surface area contributed by atoms with E-state index in [1.165, 1.54) is 5.69 Å². The van der Waals surface area contributed by atoms with Crippen molar-refractivity contribution in [2.45, 2.75) is 32.9 Å². The Labute approximate surface area is 124 Å². The van der Waals surface area contributed by atoms with E-state index in [9.17, 15) is 0 Å². The molecule has 0 unspecified atom stereocenters. The molecule has 5 heteroatoms. The number of rotatable bonds is 7. The SMILES string of the molecule is CCCn1cccc1CNCCc1nnc2ccccn12. The average molecular weight is 283 g/mol. The van der Waals surface area contributed by atoms with Crippen molar-refractivity contribution in [3.05, 3.63) is 54.2 Å². The van der Waals surface area contributed by atoms with Gasteiger partial charge in [0.15, 0.2) is 5.65 Å². The second kappa shape index (κ2) is 6.54. The standard InChI is InChI=1S/C16H21N5/c1-2-10-20-11-5-6-14(20)13-17-9-8-16-19-18-15-7-3-4-12-21(15)16/h3-7,11-12,17H,2,8-10,13H2,1H3. The topological polar surface area (TPSA) is 47.2 Å². The van der Waals surface area contributed by atoms with Gasteiger partial charge in [0.1, 0.15) is 5.82 Å². The zero-order chi connectivity index (χ0) is 14.5. The summed E-state index contributed by atoms with van der Waals surface area (Å²) in [6.45, 7) is 5.07. The number of hydrogen-bond acceptors (Lipinski definition) is 3. The molecular formula is C16H21N5. The fraction of sp³-hybridized carbons (Fsp3) is 0.375. The van der Waals surface area contributed by atoms with Gasteiger partial charge >= 0.3 is 0 Å². The summed E-state index contributed by atoms with van der Waals surface area (Å²) in [6.07, 6.45) is 6.19. The van der Waals surface area contributed by atoms with E-state index >= 15 is 0 Å². The highest BCUT2D eigenvalue weighted by molar-refractivity contribution is 5.36. The molecule has 0 bridgehead atoms. The summed E-state index contributed by atoms with van der Waals surface area (Å²) in [5.41, 5.74) is 2.24. The minimum atomic E-state index is 0.875. The van der Waals surface area contributed by atoms with Crippen LogP contribution in [0.5, 0.6) is 0 Å². The predicted molar refractivity (Wildman–Crippen MR) is 83.1 cm³/mol. The zero-order valence-corrected chi connectivity index (χ0v) is 12.4. The molecule has 1 N–H and O–H groups in total. The quantitative estimate of drug-likeness (QED) is 0.677. The van der Waals surface area contributed by atoms with E-state index in [4.69, 9.17) is 0 Å². The Balaban J connectivity index is 1.53. The highest BCUT2D eigenvalue weighted by atomic mass is 15.2. The van der Waals surface area contributed by atoms with Crippen LogP contribution in [0.15, 0.2) is 42.7 Å². The van der Waals surface area contributed by atoms with Crippen molar-refractivity contribution in [1.82, 2.24) is 24.5 Å². The Hall–Kier alpha value is -2.14. The summed E-state index contributed by atoms with van der Waals surface area (Å²) in [5.74, 6) is 1.00. The zero-order valence-electron chi connectivity index (χ0n) is 12.4. The summed E-state index contributed by atoms with van der Waals surface area (Å²) < 4.78 is 4.35. The van der Waals surface area contributed by atoms with Crippen LogP contribution >= 0.6 is 0 Å². The van der Waals surface area contributed by atoms with Gasteiger partial charge in [-0.15, -0.1) is 10.2 Å². The first kappa shape index (κ1) is 13.8. The van der Waals surface area contributed by atoms with E-state index in [1.807, 2.05) is 28.8 Å². The lowest BCUT2D eigenvalue weighted by Crippen LogP contribution is -2.19. The van der Waals surface area contributed by atoms with E-state index in [0.717, 1.165) is 43.9 Å². The third-order valence-corrected chi connectivity index (χ3v) is 3.60. The fourth-order valence-corrected chi connectivity index (χ4v) is 2.55. The molecule has 0 aliphatic heterocycles. The molecule has 0 aliphatic carbocycles. The predicted octanol–water partition coefficient (Wildman–Crippen LogP) is 2.27. The van der Waals surface area contributed by atoms with Gasteiger partial charge in [0, 0.05) is 44.1 Å². The number of hydrogen-bond donors (Lipinski definition) is 1. The molecular weight excluding hydrogens is 262 g/mol. The number of pyridine rings is 1. The summed E-state index contributed by atoms with van der Waals surface area (Å²) >= 11 is 0. The van der Waals surface area contributed by atoms with E-state index in [1.54, 1.807) is 0 Å². The van der Waals surface area contributed by atoms with Gasteiger partial charge in [-0.3, -0.25) is 4.40 Å². The second-order valence-corrected chi connectivity index (χ2v) is 5.16. The lowest BCUT2D eigenvalue weighted by Gasteiger charge is -2.08. The van der Waals surface area contributed by atoms with Gasteiger partial charge in [-0.25, -0.2) is 0 Å². The third-order valence-electron chi connectivity index (χ3n) is 3.60. The average Bonchev–Trinajstić information content (AvgIpc) is 3.11. The van der Waals surface area contributed by atoms with E-state index in [-0.39, 0.29) is 0 Å². The maximum Gasteiger partial charge on any atom is 0.160 e. The molecule has 3 heterocycles. The smallest absolute Gasteiger partial charge is 0.160 e. The molecule has 0 fully saturated rings. The van der Waals surface area contributed by atoms with Crippen molar-refractivity contribution in [2.24, 2.45) is 0 Å². The molecule has 0 aromatic carbocycles. The number of fused-ring (bicyclic) bond motifs is 1. The van der Waals surface area contributed by atoms with Crippen LogP contribution in [0.3, 0.4) is 0 Å². The molecule has 0 saturated carbocycles. The van der Waals surface area contributed by atoms with E-state index in [0.29, 0.717) is 0 Å². The first-order chi connectivity index (χ1) is 10.4. The molecule has 3 rings (SSSR count). The molecule has 21 heavy (non-hydrogen) atoms. The maximum absolute atomic E-state index is 4.24. The Bertz CT molecular complexity index is 697. The van der Waals surface area contributed by atoms with Gasteiger partial charge in [0.2, 0.25) is 0 Å². The molecule has 0 aliphatic rings. The van der Waals surface area contributed by atoms with Gasteiger partial charge in [-0.2, -0.15) is 0 Å². The third kappa shape index (κ3) is 3.13. The minimum absolute atomic E-state index is 0.875. The van der Waals surface area contributed by atoms with Crippen molar-refractivity contribution < 1.29 is 0 Å². The molecule has 0 saturated heterocycles. The van der Waals surface area contributed by atoms with E-state index in [2.05, 4.69) is 45.3 Å². The highest BCUT2D eigenvalue weighted by Gasteiger charge is 2.04. The molecule has 3 aromatic heterocycles. The van der Waals surface area contributed by atoms with Crippen molar-refractivity contribution in [3.8, 4) is 0 Å². The number of nitrogens with one attached hydrogen (secondary N) is 1. The maximum atomic E-state index is 4.24. The van der Waals surface area contributed by atoms with Crippen LogP contribution in [0.4, 0.5) is 0 Å². The first-order valence-electron chi connectivity index (χ1n) is 7.52. The van der Waals surface area contributed by atoms with Crippen molar-refractivity contribution in [2.75, 3.05) is 6.54 Å². The van der Waals surface area contributed by atoms with Gasteiger partial charge in [-0.1, -0.05) is 13.0 Å². The summed E-state index contributed by atoms with van der Waals surface area (Å²) in [7, 11) is 0. The van der Waals surface area contributed by atoms with Gasteiger partial charge in [0.25, 0.3) is 0 Å². The summed E-state index contributed by atoms with van der Waals surface area (Å²) in [4.78, 5) is 0.